The maximum absolute atomic E-state index is 14.1. The van der Waals surface area contributed by atoms with E-state index in [2.05, 4.69) is 10.1 Å². The number of ether oxygens (including phenoxy) is 1. The molecule has 33 heavy (non-hydrogen) atoms. The molecule has 1 unspecified atom stereocenters. The Kier molecular flexibility index (Phi) is 5.12. The van der Waals surface area contributed by atoms with E-state index in [1.165, 1.54) is 30.3 Å². The van der Waals surface area contributed by atoms with Crippen molar-refractivity contribution in [2.75, 3.05) is 18.4 Å². The van der Waals surface area contributed by atoms with Gasteiger partial charge in [0, 0.05) is 36.4 Å². The Labute approximate surface area is 187 Å². The number of alkyl halides is 3. The summed E-state index contributed by atoms with van der Waals surface area (Å²) in [7, 11) is 0. The van der Waals surface area contributed by atoms with Gasteiger partial charge in [0.15, 0.2) is 5.78 Å². The number of anilines is 1. The van der Waals surface area contributed by atoms with Gasteiger partial charge in [0.25, 0.3) is 0 Å². The summed E-state index contributed by atoms with van der Waals surface area (Å²) < 4.78 is 55.7. The number of carbonyl (C=O) groups is 1. The molecule has 1 saturated heterocycles. The Morgan fingerprint density at radius 3 is 2.33 bits per heavy atom. The molecular weight excluding hydrogens is 436 g/mol. The number of benzene rings is 3. The molecular formula is C25H20F4N2O2. The van der Waals surface area contributed by atoms with E-state index < -0.39 is 17.8 Å². The van der Waals surface area contributed by atoms with Crippen molar-refractivity contribution < 1.29 is 27.1 Å². The van der Waals surface area contributed by atoms with Crippen molar-refractivity contribution in [3.63, 3.8) is 0 Å². The van der Waals surface area contributed by atoms with Crippen molar-refractivity contribution in [1.29, 1.82) is 0 Å². The van der Waals surface area contributed by atoms with Gasteiger partial charge in [0.2, 0.25) is 0 Å². The number of para-hydroxylation sites is 1. The lowest BCUT2D eigenvalue weighted by Gasteiger charge is -2.56. The highest BCUT2D eigenvalue weighted by Crippen LogP contribution is 2.46. The summed E-state index contributed by atoms with van der Waals surface area (Å²) in [5, 5.41) is 3.50. The highest BCUT2D eigenvalue weighted by molar-refractivity contribution is 6.08. The van der Waals surface area contributed by atoms with Crippen LogP contribution in [0.25, 0.3) is 0 Å². The van der Waals surface area contributed by atoms with Gasteiger partial charge in [-0.3, -0.25) is 9.69 Å². The molecule has 2 aliphatic rings. The number of nitrogens with one attached hydrogen (secondary N) is 1. The molecule has 2 heterocycles. The third-order valence-electron chi connectivity index (χ3n) is 6.20. The summed E-state index contributed by atoms with van der Waals surface area (Å²) in [6.07, 6.45) is -4.79. The molecule has 1 spiro atoms. The van der Waals surface area contributed by atoms with Crippen molar-refractivity contribution in [1.82, 2.24) is 4.90 Å². The molecule has 4 nitrogen and oxygen atoms in total. The third kappa shape index (κ3) is 4.06. The normalized spacial score (nSPS) is 19.5. The lowest BCUT2D eigenvalue weighted by Crippen LogP contribution is -2.70. The zero-order valence-corrected chi connectivity index (χ0v) is 17.4. The SMILES string of the molecule is O=C1c2ccccc2NC2(CN(Cc3ccccc3F)C2)C1c1ccc(OC(F)(F)F)cc1. The molecule has 2 aliphatic heterocycles. The third-order valence-corrected chi connectivity index (χ3v) is 6.20. The molecule has 1 N–H and O–H groups in total. The Morgan fingerprint density at radius 1 is 0.970 bits per heavy atom. The van der Waals surface area contributed by atoms with E-state index in [0.717, 1.165) is 5.69 Å². The first-order valence-electron chi connectivity index (χ1n) is 10.5. The van der Waals surface area contributed by atoms with Crippen LogP contribution in [0.4, 0.5) is 23.2 Å². The molecule has 8 heteroatoms. The molecule has 0 amide bonds. The lowest BCUT2D eigenvalue weighted by atomic mass is 9.67. The van der Waals surface area contributed by atoms with Crippen LogP contribution in [0.15, 0.2) is 72.8 Å². The van der Waals surface area contributed by atoms with Gasteiger partial charge in [-0.2, -0.15) is 0 Å². The monoisotopic (exact) mass is 456 g/mol. The van der Waals surface area contributed by atoms with Crippen LogP contribution in [0.1, 0.15) is 27.4 Å². The number of fused-ring (bicyclic) bond motifs is 1. The van der Waals surface area contributed by atoms with Gasteiger partial charge >= 0.3 is 6.36 Å². The average Bonchev–Trinajstić information content (AvgIpc) is 2.74. The molecule has 1 fully saturated rings. The number of carbonyl (C=O) groups excluding carboxylic acids is 1. The van der Waals surface area contributed by atoms with Crippen molar-refractivity contribution >= 4 is 11.5 Å². The number of likely N-dealkylation sites (tertiary alicyclic amines) is 1. The summed E-state index contributed by atoms with van der Waals surface area (Å²) in [6.45, 7) is 1.36. The molecule has 0 aliphatic carbocycles. The van der Waals surface area contributed by atoms with Gasteiger partial charge < -0.3 is 10.1 Å². The summed E-state index contributed by atoms with van der Waals surface area (Å²) in [5.74, 6) is -1.33. The number of Topliss-reactive ketones (excluding diaryl/α,β-unsaturated/α-hetero) is 1. The van der Waals surface area contributed by atoms with Gasteiger partial charge in [0.1, 0.15) is 11.6 Å². The highest BCUT2D eigenvalue weighted by Gasteiger charge is 2.55. The zero-order chi connectivity index (χ0) is 23.2. The summed E-state index contributed by atoms with van der Waals surface area (Å²) in [5.41, 5.74) is 1.78. The number of nitrogens with zero attached hydrogens (tertiary/aromatic N) is 1. The second kappa shape index (κ2) is 7.88. The van der Waals surface area contributed by atoms with Crippen LogP contribution < -0.4 is 10.1 Å². The van der Waals surface area contributed by atoms with Crippen LogP contribution in [-0.2, 0) is 6.54 Å². The molecule has 0 bridgehead atoms. The number of ketones is 1. The number of hydrogen-bond acceptors (Lipinski definition) is 4. The Bertz CT molecular complexity index is 1190. The smallest absolute Gasteiger partial charge is 0.406 e. The Hall–Kier alpha value is -3.39. The maximum Gasteiger partial charge on any atom is 0.573 e. The van der Waals surface area contributed by atoms with Crippen LogP contribution in [0.2, 0.25) is 0 Å². The molecule has 0 saturated carbocycles. The van der Waals surface area contributed by atoms with E-state index in [-0.39, 0.29) is 17.3 Å². The molecule has 1 atom stereocenters. The van der Waals surface area contributed by atoms with Crippen LogP contribution in [0.3, 0.4) is 0 Å². The first-order chi connectivity index (χ1) is 15.7. The minimum Gasteiger partial charge on any atom is -0.406 e. The molecule has 170 valence electrons. The molecule has 5 rings (SSSR count). The quantitative estimate of drug-likeness (QED) is 0.536. The van der Waals surface area contributed by atoms with Crippen molar-refractivity contribution in [3.8, 4) is 5.75 Å². The fraction of sp³-hybridized carbons (Fsp3) is 0.240. The van der Waals surface area contributed by atoms with E-state index in [1.807, 2.05) is 17.0 Å². The van der Waals surface area contributed by atoms with E-state index >= 15 is 0 Å². The highest BCUT2D eigenvalue weighted by atomic mass is 19.4. The van der Waals surface area contributed by atoms with Crippen molar-refractivity contribution in [2.24, 2.45) is 0 Å². The van der Waals surface area contributed by atoms with E-state index in [1.54, 1.807) is 30.3 Å². The van der Waals surface area contributed by atoms with Crippen LogP contribution >= 0.6 is 0 Å². The minimum atomic E-state index is -4.79. The first-order valence-corrected chi connectivity index (χ1v) is 10.5. The standard InChI is InChI=1S/C25H20F4N2O2/c26-20-7-3-1-5-17(20)13-31-14-24(15-31)22(23(32)19-6-2-4-8-21(19)30-24)16-9-11-18(12-10-16)33-25(27,28)29/h1-12,22,30H,13-15H2. The Balaban J connectivity index is 1.44. The molecule has 0 radical (unpaired) electrons. The predicted molar refractivity (Wildman–Crippen MR) is 115 cm³/mol. The maximum atomic E-state index is 14.1. The van der Waals surface area contributed by atoms with Crippen LogP contribution in [0.5, 0.6) is 5.75 Å². The van der Waals surface area contributed by atoms with E-state index in [0.29, 0.717) is 36.3 Å². The van der Waals surface area contributed by atoms with Crippen LogP contribution in [0, 0.1) is 5.82 Å². The van der Waals surface area contributed by atoms with E-state index in [4.69, 9.17) is 0 Å². The van der Waals surface area contributed by atoms with Crippen LogP contribution in [-0.4, -0.2) is 35.7 Å². The summed E-state index contributed by atoms with van der Waals surface area (Å²) >= 11 is 0. The molecule has 0 aromatic heterocycles. The molecule has 3 aromatic rings. The van der Waals surface area contributed by atoms with Gasteiger partial charge in [-0.15, -0.1) is 13.2 Å². The second-order valence-electron chi connectivity index (χ2n) is 8.48. The number of rotatable bonds is 4. The van der Waals surface area contributed by atoms with Gasteiger partial charge in [-0.25, -0.2) is 4.39 Å². The van der Waals surface area contributed by atoms with Crippen molar-refractivity contribution in [3.05, 3.63) is 95.3 Å². The Morgan fingerprint density at radius 2 is 1.64 bits per heavy atom. The van der Waals surface area contributed by atoms with Gasteiger partial charge in [-0.1, -0.05) is 42.5 Å². The number of halogens is 4. The predicted octanol–water partition coefficient (Wildman–Crippen LogP) is 5.37. The van der Waals surface area contributed by atoms with Gasteiger partial charge in [0.05, 0.1) is 11.5 Å². The van der Waals surface area contributed by atoms with Crippen molar-refractivity contribution in [2.45, 2.75) is 24.4 Å². The lowest BCUT2D eigenvalue weighted by molar-refractivity contribution is -0.274. The van der Waals surface area contributed by atoms with E-state index in [9.17, 15) is 22.4 Å². The fourth-order valence-electron chi connectivity index (χ4n) is 4.88. The zero-order valence-electron chi connectivity index (χ0n) is 17.4. The topological polar surface area (TPSA) is 41.6 Å². The number of hydrogen-bond donors (Lipinski definition) is 1. The van der Waals surface area contributed by atoms with Gasteiger partial charge in [-0.05, 0) is 35.9 Å². The first kappa shape index (κ1) is 21.5. The largest absolute Gasteiger partial charge is 0.573 e. The minimum absolute atomic E-state index is 0.0978. The fourth-order valence-corrected chi connectivity index (χ4v) is 4.88. The average molecular weight is 456 g/mol. The second-order valence-corrected chi connectivity index (χ2v) is 8.48. The summed E-state index contributed by atoms with van der Waals surface area (Å²) in [6, 6.07) is 19.2. The summed E-state index contributed by atoms with van der Waals surface area (Å²) in [4.78, 5) is 15.6. The molecule has 3 aromatic carbocycles.